The van der Waals surface area contributed by atoms with Gasteiger partial charge in [-0.25, -0.2) is 44.8 Å². The summed E-state index contributed by atoms with van der Waals surface area (Å²) in [5.74, 6) is -1.90. The van der Waals surface area contributed by atoms with E-state index in [1.807, 2.05) is 51.0 Å². The van der Waals surface area contributed by atoms with Crippen LogP contribution in [0.2, 0.25) is 0 Å². The van der Waals surface area contributed by atoms with Gasteiger partial charge in [0.25, 0.3) is 5.91 Å². The number of nitrogens with one attached hydrogen (secondary N) is 4. The third-order valence-electron chi connectivity index (χ3n) is 5.04. The Balaban J connectivity index is -0.0000000836. The number of hydrogen-bond donors (Lipinski definition) is 7. The molecule has 0 spiro atoms. The molecule has 0 radical (unpaired) electrons. The minimum Gasteiger partial charge on any atom is -0.480 e. The fourth-order valence-corrected chi connectivity index (χ4v) is 4.45. The van der Waals surface area contributed by atoms with E-state index in [2.05, 4.69) is 15.8 Å². The number of carboxylic acid groups (broad SMARTS) is 1. The predicted octanol–water partition coefficient (Wildman–Crippen LogP) is 4.32. The zero-order valence-electron chi connectivity index (χ0n) is 34.6. The van der Waals surface area contributed by atoms with Crippen LogP contribution < -0.4 is 31.0 Å². The summed E-state index contributed by atoms with van der Waals surface area (Å²) >= 11 is 0. The van der Waals surface area contributed by atoms with E-state index in [1.165, 1.54) is 0 Å². The Bertz CT molecular complexity index is 1520. The Kier molecular flexibility index (Phi) is 43.8. The first-order valence-corrected chi connectivity index (χ1v) is 22.4. The second-order valence-corrected chi connectivity index (χ2v) is 20.7. The minimum atomic E-state index is -3.67. The van der Waals surface area contributed by atoms with Gasteiger partial charge in [-0.3, -0.25) is 19.0 Å². The zero-order chi connectivity index (χ0) is 44.2. The molecule has 0 aliphatic heterocycles. The number of carbonyl (C=O) groups is 5. The van der Waals surface area contributed by atoms with Crippen molar-refractivity contribution in [2.75, 3.05) is 18.8 Å². The smallest absolute Gasteiger partial charge is 0.408 e. The second-order valence-electron chi connectivity index (χ2n) is 15.5. The van der Waals surface area contributed by atoms with Gasteiger partial charge in [-0.1, -0.05) is 71.2 Å². The summed E-state index contributed by atoms with van der Waals surface area (Å²) in [7, 11) is -10.3. The van der Waals surface area contributed by atoms with Gasteiger partial charge in [-0.2, -0.15) is 0 Å². The molecule has 9 N–H and O–H groups in total. The molecule has 0 aliphatic rings. The first-order valence-electron chi connectivity index (χ1n) is 16.6. The Morgan fingerprint density at radius 3 is 1.07 bits per heavy atom. The van der Waals surface area contributed by atoms with Gasteiger partial charge in [0.2, 0.25) is 36.0 Å². The Labute approximate surface area is 363 Å². The van der Waals surface area contributed by atoms with Crippen LogP contribution in [0.25, 0.3) is 0 Å². The van der Waals surface area contributed by atoms with Gasteiger partial charge < -0.3 is 30.9 Å². The van der Waals surface area contributed by atoms with Crippen LogP contribution in [0.15, 0.2) is 0 Å². The number of nitrogens with two attached hydrogens (primary N) is 2. The molecule has 0 heterocycles. The number of rotatable bonds is 13. The summed E-state index contributed by atoms with van der Waals surface area (Å²) in [6, 6.07) is -2.61. The largest absolute Gasteiger partial charge is 0.480 e. The van der Waals surface area contributed by atoms with E-state index in [1.54, 1.807) is 41.5 Å². The molecule has 0 aromatic heterocycles. The van der Waals surface area contributed by atoms with E-state index < -0.39 is 89.4 Å². The number of halogens is 1. The van der Waals surface area contributed by atoms with Crippen molar-refractivity contribution in [2.45, 2.75) is 161 Å². The summed E-state index contributed by atoms with van der Waals surface area (Å²) in [4.78, 5) is 56.8. The lowest BCUT2D eigenvalue weighted by molar-refractivity contribution is -0.140. The van der Waals surface area contributed by atoms with Crippen molar-refractivity contribution in [1.82, 2.24) is 20.1 Å². The van der Waals surface area contributed by atoms with Gasteiger partial charge in [0.15, 0.2) is 0 Å². The highest BCUT2D eigenvalue weighted by Gasteiger charge is 2.27. The van der Waals surface area contributed by atoms with Gasteiger partial charge in [-0.05, 0) is 78.6 Å². The van der Waals surface area contributed by atoms with Crippen LogP contribution in [-0.4, -0.2) is 108 Å². The van der Waals surface area contributed by atoms with E-state index in [-0.39, 0.29) is 59.9 Å². The van der Waals surface area contributed by atoms with Crippen LogP contribution in [0.3, 0.4) is 0 Å². The Morgan fingerprint density at radius 1 is 0.576 bits per heavy atom. The normalized spacial score (nSPS) is 12.4. The molecule has 0 unspecified atom stereocenters. The molecule has 4 amide bonds. The number of carbonyl (C=O) groups excluding carboxylic acids is 4. The van der Waals surface area contributed by atoms with Crippen molar-refractivity contribution < 1.29 is 63.8 Å². The lowest BCUT2D eigenvalue weighted by Crippen LogP contribution is -2.49. The molecule has 0 saturated carbocycles. The summed E-state index contributed by atoms with van der Waals surface area (Å²) in [6.45, 7) is 21.6. The molecule has 0 aliphatic carbocycles. The van der Waals surface area contributed by atoms with Gasteiger partial charge >= 0.3 is 18.2 Å². The molecular weight excluding hydrogens is 860 g/mol. The van der Waals surface area contributed by atoms with Crippen LogP contribution in [-0.2, 0) is 53.9 Å². The first-order chi connectivity index (χ1) is 23.6. The van der Waals surface area contributed by atoms with E-state index in [4.69, 9.17) is 20.3 Å². The van der Waals surface area contributed by atoms with Crippen LogP contribution in [0.1, 0.15) is 132 Å². The molecule has 0 bridgehead atoms. The number of primary sulfonamides is 1. The van der Waals surface area contributed by atoms with E-state index in [0.717, 1.165) is 18.8 Å². The van der Waals surface area contributed by atoms with Crippen molar-refractivity contribution in [2.24, 2.45) is 28.6 Å². The summed E-state index contributed by atoms with van der Waals surface area (Å²) < 4.78 is 76.0. The third kappa shape index (κ3) is 64.4. The molecule has 0 aromatic carbocycles. The Morgan fingerprint density at radius 2 is 0.831 bits per heavy atom. The number of hydrogen-bond acceptors (Lipinski definition) is 14. The zero-order valence-corrected chi connectivity index (χ0v) is 37.9. The number of ether oxygens (including phenoxy) is 2. The lowest BCUT2D eigenvalue weighted by Gasteiger charge is -2.23. The predicted molar refractivity (Wildman–Crippen MR) is 239 cm³/mol. The highest BCUT2D eigenvalue weighted by molar-refractivity contribution is 7.89. The van der Waals surface area contributed by atoms with Crippen molar-refractivity contribution in [1.29, 1.82) is 0 Å². The number of alkyl carbamates (subject to hydrolysis) is 2. The topological polar surface area (TPSA) is 327 Å². The molecule has 3 atom stereocenters. The molecule has 24 heteroatoms. The number of aliphatic carboxylic acids is 1. The molecule has 0 fully saturated rings. The number of amides is 4. The van der Waals surface area contributed by atoms with Gasteiger partial charge in [0.1, 0.15) is 23.3 Å². The van der Waals surface area contributed by atoms with E-state index >= 15 is 0 Å². The molecule has 20 nitrogen and oxygen atoms in total. The molecule has 0 rings (SSSR count). The lowest BCUT2D eigenvalue weighted by atomic mass is 10.0. The average molecular weight is 944 g/mol. The van der Waals surface area contributed by atoms with Crippen molar-refractivity contribution in [3.63, 3.8) is 0 Å². The van der Waals surface area contributed by atoms with Crippen molar-refractivity contribution >= 4 is 72.4 Å². The first kappa shape index (κ1) is 76.7. The van der Waals surface area contributed by atoms with Crippen LogP contribution in [0, 0.1) is 17.8 Å². The van der Waals surface area contributed by atoms with Gasteiger partial charge in [0, 0.05) is 0 Å². The quantitative estimate of drug-likeness (QED) is 0.135. The average Bonchev–Trinajstić information content (AvgIpc) is 2.82. The van der Waals surface area contributed by atoms with E-state index in [9.17, 15) is 49.2 Å². The summed E-state index contributed by atoms with van der Waals surface area (Å²) in [6.07, 6.45) is 2.45. The van der Waals surface area contributed by atoms with Crippen molar-refractivity contribution in [3.05, 3.63) is 0 Å². The highest BCUT2D eigenvalue weighted by atomic mass is 35.5. The SMILES string of the molecule is C.C.C.C.CC(C)C[C@H](N)C(=O)NS(C)(=O)=O.CC(C)C[C@H](NC(=O)OC(C)(C)C)C(=O)NS(C)(=O)=O.CC(C)C[C@H](NC(=O)OC(C)(C)C)C(=O)O.CS(N)(=O)=O.Cl. The number of sulfonamides is 3. The highest BCUT2D eigenvalue weighted by Crippen LogP contribution is 2.11. The van der Waals surface area contributed by atoms with Crippen LogP contribution in [0.5, 0.6) is 0 Å². The number of carboxylic acids is 1. The Hall–Kier alpha value is -2.99. The molecule has 0 saturated heterocycles. The fraction of sp³-hybridized carbons (Fsp3) is 0.857. The third-order valence-corrected chi connectivity index (χ3v) is 6.19. The van der Waals surface area contributed by atoms with Gasteiger partial charge in [0.05, 0.1) is 24.8 Å². The molecule has 362 valence electrons. The van der Waals surface area contributed by atoms with Crippen LogP contribution in [0.4, 0.5) is 9.59 Å². The maximum Gasteiger partial charge on any atom is 0.408 e. The molecular formula is C35H83ClN6O14S3. The monoisotopic (exact) mass is 942 g/mol. The van der Waals surface area contributed by atoms with Crippen molar-refractivity contribution in [3.8, 4) is 0 Å². The molecule has 59 heavy (non-hydrogen) atoms. The second kappa shape index (κ2) is 33.7. The maximum atomic E-state index is 11.8. The fourth-order valence-electron chi connectivity index (χ4n) is 3.42. The van der Waals surface area contributed by atoms with Gasteiger partial charge in [-0.15, -0.1) is 12.4 Å². The minimum absolute atomic E-state index is 0. The maximum absolute atomic E-state index is 11.8. The standard InChI is InChI=1S/C12H24N2O5S.C11H21NO4.C7H16N2O3S.CH5NO2S.4CH4.ClH/c1-8(2)7-9(10(15)14-20(6,17)18)13-11(16)19-12(3,4)5;1-7(2)6-8(9(13)14)12-10(15)16-11(3,4)5;1-5(2)4-6(8)7(10)9-13(3,11)12;1-5(2,3)4;;;;;/h8-9H,7H2,1-6H3,(H,13,16)(H,14,15);7-8H,6H2,1-5H3,(H,12,15)(H,13,14);5-6H,4,8H2,1-3H3,(H,9,10);1H3,(H2,2,3,4);4*1H4;1H/t9-;8-;6-;;;;;;/m000....../s1. The summed E-state index contributed by atoms with van der Waals surface area (Å²) in [5.41, 5.74) is 4.13. The van der Waals surface area contributed by atoms with Crippen LogP contribution >= 0.6 is 12.4 Å². The molecule has 0 aromatic rings. The summed E-state index contributed by atoms with van der Waals surface area (Å²) in [5, 5.41) is 18.0. The van der Waals surface area contributed by atoms with E-state index in [0.29, 0.717) is 19.3 Å².